The predicted octanol–water partition coefficient (Wildman–Crippen LogP) is 2.98. The highest BCUT2D eigenvalue weighted by molar-refractivity contribution is 6.17. The van der Waals surface area contributed by atoms with Gasteiger partial charge in [-0.05, 0) is 32.4 Å². The zero-order valence-electron chi connectivity index (χ0n) is 10.9. The van der Waals surface area contributed by atoms with Gasteiger partial charge in [0.2, 0.25) is 5.91 Å². The maximum Gasteiger partial charge on any atom is 0.223 e. The molecule has 0 fully saturated rings. The second kappa shape index (κ2) is 7.27. The number of ether oxygens (including phenoxy) is 1. The lowest BCUT2D eigenvalue weighted by Gasteiger charge is -2.25. The van der Waals surface area contributed by atoms with Gasteiger partial charge in [-0.2, -0.15) is 0 Å². The van der Waals surface area contributed by atoms with Crippen LogP contribution in [0.5, 0.6) is 5.75 Å². The average molecular weight is 270 g/mol. The van der Waals surface area contributed by atoms with Crippen molar-refractivity contribution < 1.29 is 9.53 Å². The van der Waals surface area contributed by atoms with E-state index in [4.69, 9.17) is 16.3 Å². The highest BCUT2D eigenvalue weighted by Gasteiger charge is 2.19. The maximum absolute atomic E-state index is 11.7. The van der Waals surface area contributed by atoms with Crippen molar-refractivity contribution in [1.29, 1.82) is 0 Å². The fraction of sp³-hybridized carbons (Fsp3) is 0.500. The molecular formula is C14H20ClNO2. The quantitative estimate of drug-likeness (QED) is 0.773. The van der Waals surface area contributed by atoms with Crippen LogP contribution in [-0.4, -0.2) is 23.9 Å². The SMILES string of the molecule is CC(C)(CCCl)NC(=O)CCOc1ccccc1. The first kappa shape index (κ1) is 14.8. The molecule has 1 aromatic rings. The van der Waals surface area contributed by atoms with Crippen molar-refractivity contribution in [2.75, 3.05) is 12.5 Å². The number of hydrogen-bond acceptors (Lipinski definition) is 2. The van der Waals surface area contributed by atoms with E-state index in [1.165, 1.54) is 0 Å². The Bertz CT molecular complexity index is 365. The van der Waals surface area contributed by atoms with E-state index in [1.807, 2.05) is 44.2 Å². The Hall–Kier alpha value is -1.22. The molecule has 0 aliphatic heterocycles. The molecule has 0 bridgehead atoms. The van der Waals surface area contributed by atoms with Crippen molar-refractivity contribution in [1.82, 2.24) is 5.32 Å². The monoisotopic (exact) mass is 269 g/mol. The van der Waals surface area contributed by atoms with E-state index < -0.39 is 0 Å². The summed E-state index contributed by atoms with van der Waals surface area (Å²) in [4.78, 5) is 11.7. The molecule has 0 saturated heterocycles. The molecule has 0 heterocycles. The number of carbonyl (C=O) groups is 1. The second-order valence-corrected chi connectivity index (χ2v) is 5.16. The molecule has 0 aliphatic carbocycles. The van der Waals surface area contributed by atoms with Crippen molar-refractivity contribution >= 4 is 17.5 Å². The number of nitrogens with one attached hydrogen (secondary N) is 1. The molecule has 0 saturated carbocycles. The van der Waals surface area contributed by atoms with Crippen LogP contribution in [-0.2, 0) is 4.79 Å². The number of benzene rings is 1. The normalized spacial score (nSPS) is 11.1. The third-order valence-corrected chi connectivity index (χ3v) is 2.73. The molecule has 4 heteroatoms. The first-order chi connectivity index (χ1) is 8.53. The minimum absolute atomic E-state index is 0.0129. The molecular weight excluding hydrogens is 250 g/mol. The standard InChI is InChI=1S/C14H20ClNO2/c1-14(2,9-10-15)16-13(17)8-11-18-12-6-4-3-5-7-12/h3-7H,8-11H2,1-2H3,(H,16,17). The molecule has 18 heavy (non-hydrogen) atoms. The number of alkyl halides is 1. The fourth-order valence-electron chi connectivity index (χ4n) is 1.52. The number of rotatable bonds is 7. The molecule has 1 amide bonds. The lowest BCUT2D eigenvalue weighted by atomic mass is 10.0. The van der Waals surface area contributed by atoms with E-state index in [2.05, 4.69) is 5.32 Å². The van der Waals surface area contributed by atoms with Crippen LogP contribution >= 0.6 is 11.6 Å². The molecule has 100 valence electrons. The van der Waals surface area contributed by atoms with Gasteiger partial charge in [-0.3, -0.25) is 4.79 Å². The molecule has 0 aromatic heterocycles. The molecule has 0 unspecified atom stereocenters. The van der Waals surface area contributed by atoms with Crippen LogP contribution in [0.25, 0.3) is 0 Å². The Balaban J connectivity index is 2.25. The smallest absolute Gasteiger partial charge is 0.223 e. The molecule has 0 spiro atoms. The highest BCUT2D eigenvalue weighted by Crippen LogP contribution is 2.10. The Kier molecular flexibility index (Phi) is 5.99. The fourth-order valence-corrected chi connectivity index (χ4v) is 1.99. The Morgan fingerprint density at radius 3 is 2.61 bits per heavy atom. The molecule has 1 aromatic carbocycles. The topological polar surface area (TPSA) is 38.3 Å². The van der Waals surface area contributed by atoms with E-state index in [9.17, 15) is 4.79 Å². The lowest BCUT2D eigenvalue weighted by Crippen LogP contribution is -2.44. The number of para-hydroxylation sites is 1. The van der Waals surface area contributed by atoms with E-state index >= 15 is 0 Å². The minimum Gasteiger partial charge on any atom is -0.493 e. The number of hydrogen-bond donors (Lipinski definition) is 1. The summed E-state index contributed by atoms with van der Waals surface area (Å²) in [5.41, 5.74) is -0.258. The van der Waals surface area contributed by atoms with Gasteiger partial charge < -0.3 is 10.1 Å². The van der Waals surface area contributed by atoms with E-state index in [0.29, 0.717) is 18.9 Å². The Labute approximate surface area is 113 Å². The van der Waals surface area contributed by atoms with E-state index in [1.54, 1.807) is 0 Å². The van der Waals surface area contributed by atoms with Crippen molar-refractivity contribution in [3.63, 3.8) is 0 Å². The second-order valence-electron chi connectivity index (χ2n) is 4.78. The first-order valence-electron chi connectivity index (χ1n) is 6.08. The summed E-state index contributed by atoms with van der Waals surface area (Å²) in [5.74, 6) is 1.31. The summed E-state index contributed by atoms with van der Waals surface area (Å²) in [5, 5.41) is 2.94. The third kappa shape index (κ3) is 5.92. The largest absolute Gasteiger partial charge is 0.493 e. The number of carbonyl (C=O) groups excluding carboxylic acids is 1. The average Bonchev–Trinajstić information content (AvgIpc) is 2.29. The number of halogens is 1. The van der Waals surface area contributed by atoms with E-state index in [0.717, 1.165) is 12.2 Å². The van der Waals surface area contributed by atoms with Crippen LogP contribution in [0.2, 0.25) is 0 Å². The van der Waals surface area contributed by atoms with Gasteiger partial charge in [0.15, 0.2) is 0 Å². The summed E-state index contributed by atoms with van der Waals surface area (Å²) in [7, 11) is 0. The van der Waals surface area contributed by atoms with Gasteiger partial charge >= 0.3 is 0 Å². The summed E-state index contributed by atoms with van der Waals surface area (Å²) in [6.45, 7) is 4.31. The maximum atomic E-state index is 11.7. The third-order valence-electron chi connectivity index (χ3n) is 2.54. The van der Waals surface area contributed by atoms with Gasteiger partial charge in [-0.15, -0.1) is 11.6 Å². The van der Waals surface area contributed by atoms with Crippen LogP contribution in [0.3, 0.4) is 0 Å². The van der Waals surface area contributed by atoms with Crippen LogP contribution in [0.15, 0.2) is 30.3 Å². The summed E-state index contributed by atoms with van der Waals surface area (Å²) in [6, 6.07) is 9.47. The van der Waals surface area contributed by atoms with Gasteiger partial charge in [-0.25, -0.2) is 0 Å². The molecule has 0 aliphatic rings. The van der Waals surface area contributed by atoms with Crippen molar-refractivity contribution in [3.05, 3.63) is 30.3 Å². The Morgan fingerprint density at radius 1 is 1.33 bits per heavy atom. The summed E-state index contributed by atoms with van der Waals surface area (Å²) < 4.78 is 5.46. The first-order valence-corrected chi connectivity index (χ1v) is 6.62. The van der Waals surface area contributed by atoms with Crippen LogP contribution in [0, 0.1) is 0 Å². The van der Waals surface area contributed by atoms with Gasteiger partial charge in [0.05, 0.1) is 13.0 Å². The zero-order valence-corrected chi connectivity index (χ0v) is 11.7. The Morgan fingerprint density at radius 2 is 2.00 bits per heavy atom. The van der Waals surface area contributed by atoms with Crippen molar-refractivity contribution in [2.45, 2.75) is 32.2 Å². The van der Waals surface area contributed by atoms with Gasteiger partial charge in [0, 0.05) is 11.4 Å². The van der Waals surface area contributed by atoms with E-state index in [-0.39, 0.29) is 11.4 Å². The summed E-state index contributed by atoms with van der Waals surface area (Å²) >= 11 is 5.68. The predicted molar refractivity (Wildman–Crippen MR) is 74.1 cm³/mol. The van der Waals surface area contributed by atoms with Gasteiger partial charge in [-0.1, -0.05) is 18.2 Å². The van der Waals surface area contributed by atoms with Crippen LogP contribution in [0.4, 0.5) is 0 Å². The molecule has 3 nitrogen and oxygen atoms in total. The minimum atomic E-state index is -0.258. The zero-order chi connectivity index (χ0) is 13.4. The highest BCUT2D eigenvalue weighted by atomic mass is 35.5. The van der Waals surface area contributed by atoms with Gasteiger partial charge in [0.25, 0.3) is 0 Å². The van der Waals surface area contributed by atoms with Crippen molar-refractivity contribution in [3.8, 4) is 5.75 Å². The molecule has 0 radical (unpaired) electrons. The van der Waals surface area contributed by atoms with Crippen LogP contribution in [0.1, 0.15) is 26.7 Å². The number of amides is 1. The molecule has 1 rings (SSSR count). The van der Waals surface area contributed by atoms with Crippen LogP contribution < -0.4 is 10.1 Å². The molecule has 1 N–H and O–H groups in total. The van der Waals surface area contributed by atoms with Gasteiger partial charge in [0.1, 0.15) is 5.75 Å². The van der Waals surface area contributed by atoms with Crippen molar-refractivity contribution in [2.24, 2.45) is 0 Å². The summed E-state index contributed by atoms with van der Waals surface area (Å²) in [6.07, 6.45) is 1.10. The molecule has 0 atom stereocenters. The lowest BCUT2D eigenvalue weighted by molar-refractivity contribution is -0.123.